The molecule has 0 radical (unpaired) electrons. The molecule has 0 unspecified atom stereocenters. The molecule has 1 aromatic heterocycles. The van der Waals surface area contributed by atoms with E-state index in [9.17, 15) is 9.18 Å². The SMILES string of the molecule is Nc1cc(CC(=O)O)n(-c2cccc(F)c2)n1. The molecule has 0 atom stereocenters. The lowest BCUT2D eigenvalue weighted by Gasteiger charge is -2.05. The number of anilines is 1. The zero-order valence-corrected chi connectivity index (χ0v) is 8.80. The summed E-state index contributed by atoms with van der Waals surface area (Å²) in [6.45, 7) is 0. The van der Waals surface area contributed by atoms with Crippen molar-refractivity contribution in [2.75, 3.05) is 5.73 Å². The molecular formula is C11H10FN3O2. The number of nitrogen functional groups attached to an aromatic ring is 1. The minimum Gasteiger partial charge on any atom is -0.481 e. The molecule has 0 aliphatic rings. The Balaban J connectivity index is 2.47. The van der Waals surface area contributed by atoms with Gasteiger partial charge in [0, 0.05) is 6.07 Å². The van der Waals surface area contributed by atoms with Crippen LogP contribution in [-0.4, -0.2) is 20.9 Å². The van der Waals surface area contributed by atoms with Gasteiger partial charge in [0.05, 0.1) is 17.8 Å². The molecular weight excluding hydrogens is 225 g/mol. The van der Waals surface area contributed by atoms with E-state index in [0.717, 1.165) is 0 Å². The summed E-state index contributed by atoms with van der Waals surface area (Å²) in [5, 5.41) is 12.7. The van der Waals surface area contributed by atoms with E-state index in [1.165, 1.54) is 28.9 Å². The van der Waals surface area contributed by atoms with E-state index < -0.39 is 11.8 Å². The lowest BCUT2D eigenvalue weighted by molar-refractivity contribution is -0.136. The van der Waals surface area contributed by atoms with E-state index in [1.54, 1.807) is 6.07 Å². The number of nitrogens with zero attached hydrogens (tertiary/aromatic N) is 2. The van der Waals surface area contributed by atoms with Gasteiger partial charge >= 0.3 is 5.97 Å². The number of carboxylic acids is 1. The lowest BCUT2D eigenvalue weighted by Crippen LogP contribution is -2.08. The summed E-state index contributed by atoms with van der Waals surface area (Å²) in [4.78, 5) is 10.7. The van der Waals surface area contributed by atoms with Crippen LogP contribution in [0.5, 0.6) is 0 Å². The summed E-state index contributed by atoms with van der Waals surface area (Å²) in [6.07, 6.45) is -0.222. The molecule has 0 fully saturated rings. The number of rotatable bonds is 3. The van der Waals surface area contributed by atoms with Crippen LogP contribution in [0.4, 0.5) is 10.2 Å². The fourth-order valence-electron chi connectivity index (χ4n) is 1.55. The average molecular weight is 235 g/mol. The van der Waals surface area contributed by atoms with Crippen molar-refractivity contribution in [1.82, 2.24) is 9.78 Å². The minimum atomic E-state index is -0.998. The molecule has 17 heavy (non-hydrogen) atoms. The first-order valence-corrected chi connectivity index (χ1v) is 4.88. The highest BCUT2D eigenvalue weighted by atomic mass is 19.1. The van der Waals surface area contributed by atoms with E-state index in [1.807, 2.05) is 0 Å². The summed E-state index contributed by atoms with van der Waals surface area (Å²) in [5.41, 5.74) is 6.36. The third-order valence-corrected chi connectivity index (χ3v) is 2.19. The Labute approximate surface area is 96.3 Å². The second-order valence-electron chi connectivity index (χ2n) is 3.52. The van der Waals surface area contributed by atoms with Gasteiger partial charge in [0.15, 0.2) is 0 Å². The monoisotopic (exact) mass is 235 g/mol. The van der Waals surface area contributed by atoms with E-state index in [2.05, 4.69) is 5.10 Å². The first-order valence-electron chi connectivity index (χ1n) is 4.88. The van der Waals surface area contributed by atoms with Gasteiger partial charge in [-0.1, -0.05) is 6.07 Å². The van der Waals surface area contributed by atoms with Crippen molar-refractivity contribution >= 4 is 11.8 Å². The maximum Gasteiger partial charge on any atom is 0.309 e. The first-order chi connectivity index (χ1) is 8.06. The van der Waals surface area contributed by atoms with Crippen molar-refractivity contribution < 1.29 is 14.3 Å². The van der Waals surface area contributed by atoms with Crippen molar-refractivity contribution in [1.29, 1.82) is 0 Å². The van der Waals surface area contributed by atoms with Gasteiger partial charge in [-0.3, -0.25) is 4.79 Å². The predicted molar refractivity (Wildman–Crippen MR) is 59.3 cm³/mol. The smallest absolute Gasteiger partial charge is 0.309 e. The van der Waals surface area contributed by atoms with Crippen molar-refractivity contribution in [2.24, 2.45) is 0 Å². The van der Waals surface area contributed by atoms with Crippen LogP contribution in [0.3, 0.4) is 0 Å². The fourth-order valence-corrected chi connectivity index (χ4v) is 1.55. The van der Waals surface area contributed by atoms with Gasteiger partial charge < -0.3 is 10.8 Å². The summed E-state index contributed by atoms with van der Waals surface area (Å²) >= 11 is 0. The van der Waals surface area contributed by atoms with Crippen LogP contribution in [0.2, 0.25) is 0 Å². The quantitative estimate of drug-likeness (QED) is 0.838. The van der Waals surface area contributed by atoms with Crippen LogP contribution in [0.1, 0.15) is 5.69 Å². The van der Waals surface area contributed by atoms with Gasteiger partial charge in [0.2, 0.25) is 0 Å². The van der Waals surface area contributed by atoms with Crippen molar-refractivity contribution in [3.05, 3.63) is 41.8 Å². The molecule has 1 heterocycles. The van der Waals surface area contributed by atoms with Crippen LogP contribution >= 0.6 is 0 Å². The molecule has 6 heteroatoms. The Morgan fingerprint density at radius 2 is 2.24 bits per heavy atom. The zero-order chi connectivity index (χ0) is 12.4. The van der Waals surface area contributed by atoms with E-state index in [4.69, 9.17) is 10.8 Å². The molecule has 88 valence electrons. The summed E-state index contributed by atoms with van der Waals surface area (Å²) in [6, 6.07) is 7.16. The molecule has 0 aliphatic heterocycles. The number of hydrogen-bond donors (Lipinski definition) is 2. The van der Waals surface area contributed by atoms with Crippen molar-refractivity contribution in [3.8, 4) is 5.69 Å². The number of aliphatic carboxylic acids is 1. The number of benzene rings is 1. The summed E-state index contributed by atoms with van der Waals surface area (Å²) in [7, 11) is 0. The number of carboxylic acid groups (broad SMARTS) is 1. The summed E-state index contributed by atoms with van der Waals surface area (Å²) < 4.78 is 14.4. The zero-order valence-electron chi connectivity index (χ0n) is 8.80. The van der Waals surface area contributed by atoms with Crippen molar-refractivity contribution in [2.45, 2.75) is 6.42 Å². The highest BCUT2D eigenvalue weighted by Crippen LogP contribution is 2.15. The standard InChI is InChI=1S/C11H10FN3O2/c12-7-2-1-3-8(4-7)15-9(6-11(16)17)5-10(13)14-15/h1-5H,6H2,(H2,13,14)(H,16,17). The second kappa shape index (κ2) is 4.25. The van der Waals surface area contributed by atoms with Gasteiger partial charge in [-0.25, -0.2) is 9.07 Å². The van der Waals surface area contributed by atoms with Gasteiger partial charge in [-0.2, -0.15) is 5.10 Å². The van der Waals surface area contributed by atoms with E-state index in [-0.39, 0.29) is 12.2 Å². The number of nitrogens with two attached hydrogens (primary N) is 1. The van der Waals surface area contributed by atoms with Gasteiger partial charge in [0.1, 0.15) is 11.6 Å². The van der Waals surface area contributed by atoms with Gasteiger partial charge in [0.25, 0.3) is 0 Å². The van der Waals surface area contributed by atoms with Crippen LogP contribution in [0.15, 0.2) is 30.3 Å². The maximum absolute atomic E-state index is 13.1. The Morgan fingerprint density at radius 3 is 2.88 bits per heavy atom. The number of halogens is 1. The number of hydrogen-bond acceptors (Lipinski definition) is 3. The van der Waals surface area contributed by atoms with Gasteiger partial charge in [-0.05, 0) is 18.2 Å². The van der Waals surface area contributed by atoms with Crippen LogP contribution in [0.25, 0.3) is 5.69 Å². The first kappa shape index (κ1) is 11.1. The average Bonchev–Trinajstić information content (AvgIpc) is 2.58. The molecule has 0 saturated carbocycles. The van der Waals surface area contributed by atoms with Crippen LogP contribution < -0.4 is 5.73 Å². The molecule has 2 rings (SSSR count). The fraction of sp³-hybridized carbons (Fsp3) is 0.0909. The topological polar surface area (TPSA) is 81.1 Å². The predicted octanol–water partition coefficient (Wildman–Crippen LogP) is 1.22. The molecule has 0 saturated heterocycles. The molecule has 5 nitrogen and oxygen atoms in total. The highest BCUT2D eigenvalue weighted by molar-refractivity contribution is 5.70. The number of aromatic nitrogens is 2. The maximum atomic E-state index is 13.1. The third-order valence-electron chi connectivity index (χ3n) is 2.19. The Morgan fingerprint density at radius 1 is 1.47 bits per heavy atom. The lowest BCUT2D eigenvalue weighted by atomic mass is 10.2. The molecule has 2 aromatic rings. The van der Waals surface area contributed by atoms with Crippen molar-refractivity contribution in [3.63, 3.8) is 0 Å². The minimum absolute atomic E-state index is 0.200. The third kappa shape index (κ3) is 2.41. The van der Waals surface area contributed by atoms with E-state index in [0.29, 0.717) is 11.4 Å². The molecule has 0 aliphatic carbocycles. The molecule has 0 amide bonds. The molecule has 0 spiro atoms. The second-order valence-corrected chi connectivity index (χ2v) is 3.52. The summed E-state index contributed by atoms with van der Waals surface area (Å²) in [5.74, 6) is -1.22. The molecule has 3 N–H and O–H groups in total. The normalized spacial score (nSPS) is 10.4. The molecule has 0 bridgehead atoms. The molecule has 1 aromatic carbocycles. The Kier molecular flexibility index (Phi) is 2.78. The van der Waals surface area contributed by atoms with Gasteiger partial charge in [-0.15, -0.1) is 0 Å². The van der Waals surface area contributed by atoms with Crippen LogP contribution in [-0.2, 0) is 11.2 Å². The van der Waals surface area contributed by atoms with E-state index >= 15 is 0 Å². The Hall–Kier alpha value is -2.37. The highest BCUT2D eigenvalue weighted by Gasteiger charge is 2.11. The largest absolute Gasteiger partial charge is 0.481 e. The number of carbonyl (C=O) groups is 1. The van der Waals surface area contributed by atoms with Crippen LogP contribution in [0, 0.1) is 5.82 Å². The Bertz CT molecular complexity index is 566.